The molecule has 0 bridgehead atoms. The van der Waals surface area contributed by atoms with Gasteiger partial charge in [-0.2, -0.15) is 16.9 Å². The van der Waals surface area contributed by atoms with Crippen molar-refractivity contribution in [1.29, 1.82) is 0 Å². The first-order valence-corrected chi connectivity index (χ1v) is 11.0. The van der Waals surface area contributed by atoms with Crippen LogP contribution in [0.2, 0.25) is 0 Å². The largest absolute Gasteiger partial charge is 0.354 e. The van der Waals surface area contributed by atoms with Gasteiger partial charge < -0.3 is 10.6 Å². The quantitative estimate of drug-likeness (QED) is 0.580. The van der Waals surface area contributed by atoms with Crippen LogP contribution in [0, 0.1) is 5.92 Å². The Kier molecular flexibility index (Phi) is 8.87. The lowest BCUT2D eigenvalue weighted by Gasteiger charge is -2.20. The third-order valence-electron chi connectivity index (χ3n) is 4.03. The predicted molar refractivity (Wildman–Crippen MR) is 113 cm³/mol. The van der Waals surface area contributed by atoms with Gasteiger partial charge in [0.2, 0.25) is 5.91 Å². The zero-order chi connectivity index (χ0) is 19.6. The molecule has 146 valence electrons. The number of hydrogen-bond donors (Lipinski definition) is 2. The van der Waals surface area contributed by atoms with Gasteiger partial charge in [0.15, 0.2) is 0 Å². The lowest BCUT2D eigenvalue weighted by Crippen LogP contribution is -2.48. The van der Waals surface area contributed by atoms with Gasteiger partial charge >= 0.3 is 0 Å². The number of rotatable bonds is 10. The molecule has 0 aliphatic carbocycles. The van der Waals surface area contributed by atoms with Crippen molar-refractivity contribution in [2.45, 2.75) is 25.9 Å². The molecule has 0 radical (unpaired) electrons. The fourth-order valence-electron chi connectivity index (χ4n) is 2.58. The molecule has 0 saturated carbocycles. The molecule has 1 aromatic carbocycles. The molecule has 0 aliphatic heterocycles. The van der Waals surface area contributed by atoms with E-state index >= 15 is 0 Å². The highest BCUT2D eigenvalue weighted by Crippen LogP contribution is 2.16. The van der Waals surface area contributed by atoms with E-state index < -0.39 is 6.04 Å². The Labute approximate surface area is 172 Å². The zero-order valence-corrected chi connectivity index (χ0v) is 17.9. The van der Waals surface area contributed by atoms with Gasteiger partial charge in [-0.05, 0) is 58.5 Å². The number of aromatic nitrogens is 2. The summed E-state index contributed by atoms with van der Waals surface area (Å²) in [4.78, 5) is 25.2. The summed E-state index contributed by atoms with van der Waals surface area (Å²) in [5, 5.41) is 10.0. The summed E-state index contributed by atoms with van der Waals surface area (Å²) >= 11 is 5.03. The smallest absolute Gasteiger partial charge is 0.253 e. The summed E-state index contributed by atoms with van der Waals surface area (Å²) in [7, 11) is 0. The van der Waals surface area contributed by atoms with Gasteiger partial charge in [0, 0.05) is 30.0 Å². The van der Waals surface area contributed by atoms with Gasteiger partial charge in [-0.15, -0.1) is 0 Å². The van der Waals surface area contributed by atoms with E-state index in [1.54, 1.807) is 30.1 Å². The van der Waals surface area contributed by atoms with Gasteiger partial charge in [0.25, 0.3) is 5.91 Å². The molecule has 1 heterocycles. The highest BCUT2D eigenvalue weighted by atomic mass is 79.9. The maximum Gasteiger partial charge on any atom is 0.253 e. The molecule has 0 spiro atoms. The Morgan fingerprint density at radius 1 is 1.30 bits per heavy atom. The number of carbonyl (C=O) groups excluding carboxylic acids is 2. The second kappa shape index (κ2) is 11.1. The van der Waals surface area contributed by atoms with E-state index in [1.807, 2.05) is 35.3 Å². The Morgan fingerprint density at radius 3 is 2.74 bits per heavy atom. The van der Waals surface area contributed by atoms with Crippen molar-refractivity contribution in [2.24, 2.45) is 5.92 Å². The summed E-state index contributed by atoms with van der Waals surface area (Å²) < 4.78 is 2.55. The highest BCUT2D eigenvalue weighted by Gasteiger charge is 2.22. The molecule has 0 saturated heterocycles. The van der Waals surface area contributed by atoms with Crippen molar-refractivity contribution in [2.75, 3.05) is 18.6 Å². The van der Waals surface area contributed by atoms with Crippen LogP contribution in [-0.4, -0.2) is 46.2 Å². The SMILES string of the molecule is CSCCC(NC(=O)c1ccccc1Br)C(=O)NCC(C)Cn1cccn1. The van der Waals surface area contributed by atoms with Crippen LogP contribution in [0.4, 0.5) is 0 Å². The van der Waals surface area contributed by atoms with Crippen molar-refractivity contribution in [1.82, 2.24) is 20.4 Å². The molecule has 2 rings (SSSR count). The first kappa shape index (κ1) is 21.5. The maximum absolute atomic E-state index is 12.6. The molecule has 1 aromatic heterocycles. The van der Waals surface area contributed by atoms with Crippen LogP contribution in [0.3, 0.4) is 0 Å². The normalized spacial score (nSPS) is 13.0. The topological polar surface area (TPSA) is 76.0 Å². The molecule has 0 aliphatic rings. The third-order valence-corrected chi connectivity index (χ3v) is 5.37. The zero-order valence-electron chi connectivity index (χ0n) is 15.5. The van der Waals surface area contributed by atoms with E-state index in [0.29, 0.717) is 23.0 Å². The monoisotopic (exact) mass is 452 g/mol. The minimum Gasteiger partial charge on any atom is -0.354 e. The molecule has 27 heavy (non-hydrogen) atoms. The van der Waals surface area contributed by atoms with Crippen LogP contribution < -0.4 is 10.6 Å². The van der Waals surface area contributed by atoms with Crippen LogP contribution in [0.15, 0.2) is 47.2 Å². The van der Waals surface area contributed by atoms with Crippen LogP contribution >= 0.6 is 27.7 Å². The minimum absolute atomic E-state index is 0.156. The number of amides is 2. The Bertz CT molecular complexity index is 739. The first-order chi connectivity index (χ1) is 13.0. The Hall–Kier alpha value is -1.80. The molecule has 2 amide bonds. The van der Waals surface area contributed by atoms with Crippen LogP contribution in [0.1, 0.15) is 23.7 Å². The average Bonchev–Trinajstić information content (AvgIpc) is 3.16. The van der Waals surface area contributed by atoms with Crippen molar-refractivity contribution >= 4 is 39.5 Å². The lowest BCUT2D eigenvalue weighted by atomic mass is 10.1. The summed E-state index contributed by atoms with van der Waals surface area (Å²) in [5.41, 5.74) is 0.520. The van der Waals surface area contributed by atoms with E-state index in [2.05, 4.69) is 38.6 Å². The fraction of sp³-hybridized carbons (Fsp3) is 0.421. The highest BCUT2D eigenvalue weighted by molar-refractivity contribution is 9.10. The second-order valence-electron chi connectivity index (χ2n) is 6.37. The predicted octanol–water partition coefficient (Wildman–Crippen LogP) is 2.95. The number of nitrogens with zero attached hydrogens (tertiary/aromatic N) is 2. The van der Waals surface area contributed by atoms with Gasteiger partial charge in [-0.25, -0.2) is 0 Å². The third kappa shape index (κ3) is 7.03. The Balaban J connectivity index is 1.92. The van der Waals surface area contributed by atoms with Crippen molar-refractivity contribution < 1.29 is 9.59 Å². The molecule has 2 aromatic rings. The summed E-state index contributed by atoms with van der Waals surface area (Å²) in [6.45, 7) is 3.31. The van der Waals surface area contributed by atoms with Crippen LogP contribution in [-0.2, 0) is 11.3 Å². The first-order valence-electron chi connectivity index (χ1n) is 8.80. The second-order valence-corrected chi connectivity index (χ2v) is 8.21. The van der Waals surface area contributed by atoms with Crippen LogP contribution in [0.5, 0.6) is 0 Å². The molecule has 2 N–H and O–H groups in total. The van der Waals surface area contributed by atoms with Crippen molar-refractivity contribution in [3.8, 4) is 0 Å². The molecule has 2 atom stereocenters. The summed E-state index contributed by atoms with van der Waals surface area (Å²) in [6, 6.07) is 8.50. The van der Waals surface area contributed by atoms with Crippen molar-refractivity contribution in [3.63, 3.8) is 0 Å². The number of hydrogen-bond acceptors (Lipinski definition) is 4. The van der Waals surface area contributed by atoms with Gasteiger partial charge in [0.05, 0.1) is 5.56 Å². The molecule has 8 heteroatoms. The van der Waals surface area contributed by atoms with Crippen molar-refractivity contribution in [3.05, 3.63) is 52.8 Å². The number of benzene rings is 1. The fourth-order valence-corrected chi connectivity index (χ4v) is 3.51. The van der Waals surface area contributed by atoms with Gasteiger partial charge in [-0.1, -0.05) is 19.1 Å². The average molecular weight is 453 g/mol. The van der Waals surface area contributed by atoms with E-state index in [9.17, 15) is 9.59 Å². The maximum atomic E-state index is 12.6. The van der Waals surface area contributed by atoms with Gasteiger partial charge in [0.1, 0.15) is 6.04 Å². The molecular weight excluding hydrogens is 428 g/mol. The number of nitrogens with one attached hydrogen (secondary N) is 2. The Morgan fingerprint density at radius 2 is 2.07 bits per heavy atom. The molecule has 6 nitrogen and oxygen atoms in total. The van der Waals surface area contributed by atoms with E-state index in [-0.39, 0.29) is 17.7 Å². The number of carbonyl (C=O) groups is 2. The number of thioether (sulfide) groups is 1. The van der Waals surface area contributed by atoms with Crippen LogP contribution in [0.25, 0.3) is 0 Å². The minimum atomic E-state index is -0.561. The lowest BCUT2D eigenvalue weighted by molar-refractivity contribution is -0.123. The van der Waals surface area contributed by atoms with E-state index in [0.717, 1.165) is 12.3 Å². The molecule has 2 unspecified atom stereocenters. The van der Waals surface area contributed by atoms with E-state index in [1.165, 1.54) is 0 Å². The van der Waals surface area contributed by atoms with E-state index in [4.69, 9.17) is 0 Å². The molecular formula is C19H25BrN4O2S. The standard InChI is InChI=1S/C19H25BrN4O2S/c1-14(13-24-10-5-9-22-24)12-21-19(26)17(8-11-27-2)23-18(25)15-6-3-4-7-16(15)20/h3-7,9-10,14,17H,8,11-13H2,1-2H3,(H,21,26)(H,23,25). The molecule has 0 fully saturated rings. The summed E-state index contributed by atoms with van der Waals surface area (Å²) in [6.07, 6.45) is 6.20. The summed E-state index contributed by atoms with van der Waals surface area (Å²) in [5.74, 6) is 0.607. The van der Waals surface area contributed by atoms with Gasteiger partial charge in [-0.3, -0.25) is 14.3 Å². The number of halogens is 1.